The minimum absolute atomic E-state index is 0.0164. The van der Waals surface area contributed by atoms with E-state index in [2.05, 4.69) is 10.3 Å². The van der Waals surface area contributed by atoms with E-state index in [0.717, 1.165) is 6.42 Å². The first-order chi connectivity index (χ1) is 7.06. The highest BCUT2D eigenvalue weighted by Crippen LogP contribution is 2.16. The summed E-state index contributed by atoms with van der Waals surface area (Å²) in [5, 5.41) is 2.65. The Kier molecular flexibility index (Phi) is 3.96. The number of nitrogens with two attached hydrogens (primary N) is 1. The molecular formula is C10H17N3O2. The third-order valence-electron chi connectivity index (χ3n) is 2.35. The smallest absolute Gasteiger partial charge is 0.260 e. The fraction of sp³-hybridized carbons (Fsp3) is 0.700. The van der Waals surface area contributed by atoms with Crippen LogP contribution in [0.15, 0.2) is 4.99 Å². The van der Waals surface area contributed by atoms with Crippen LogP contribution in [0.2, 0.25) is 0 Å². The Morgan fingerprint density at radius 2 is 2.13 bits per heavy atom. The molecule has 5 heteroatoms. The van der Waals surface area contributed by atoms with Crippen molar-refractivity contribution in [2.75, 3.05) is 6.54 Å². The Morgan fingerprint density at radius 1 is 1.47 bits per heavy atom. The van der Waals surface area contributed by atoms with Crippen molar-refractivity contribution in [3.05, 3.63) is 0 Å². The second-order valence-corrected chi connectivity index (χ2v) is 4.00. The van der Waals surface area contributed by atoms with Crippen molar-refractivity contribution in [2.45, 2.75) is 26.7 Å². The average Bonchev–Trinajstić information content (AvgIpc) is 2.12. The van der Waals surface area contributed by atoms with E-state index in [-0.39, 0.29) is 17.7 Å². The number of amides is 2. The normalized spacial score (nSPS) is 21.6. The molecule has 1 rings (SSSR count). The van der Waals surface area contributed by atoms with Gasteiger partial charge in [-0.3, -0.25) is 9.59 Å². The molecular weight excluding hydrogens is 194 g/mol. The van der Waals surface area contributed by atoms with Gasteiger partial charge in [0.15, 0.2) is 0 Å². The molecule has 15 heavy (non-hydrogen) atoms. The van der Waals surface area contributed by atoms with Crippen LogP contribution >= 0.6 is 0 Å². The Hall–Kier alpha value is -1.23. The lowest BCUT2D eigenvalue weighted by Gasteiger charge is -2.22. The van der Waals surface area contributed by atoms with Crippen LogP contribution in [0, 0.1) is 11.8 Å². The lowest BCUT2D eigenvalue weighted by molar-refractivity contribution is -0.135. The number of aliphatic imine (C=N–C) groups is 1. The monoisotopic (exact) mass is 211 g/mol. The molecule has 84 valence electrons. The van der Waals surface area contributed by atoms with Crippen molar-refractivity contribution in [3.63, 3.8) is 0 Å². The van der Waals surface area contributed by atoms with Gasteiger partial charge in [0, 0.05) is 6.42 Å². The number of nitrogens with one attached hydrogen (secondary N) is 1. The number of hydrogen-bond acceptors (Lipinski definition) is 3. The van der Waals surface area contributed by atoms with Gasteiger partial charge in [0.2, 0.25) is 5.91 Å². The van der Waals surface area contributed by atoms with E-state index in [0.29, 0.717) is 18.8 Å². The maximum absolute atomic E-state index is 11.6. The van der Waals surface area contributed by atoms with Gasteiger partial charge in [0.05, 0.1) is 0 Å². The largest absolute Gasteiger partial charge is 0.330 e. The average molecular weight is 211 g/mol. The summed E-state index contributed by atoms with van der Waals surface area (Å²) in [6, 6.07) is 0. The first kappa shape index (κ1) is 11.8. The molecule has 1 atom stereocenters. The molecule has 1 aliphatic heterocycles. The molecule has 0 saturated carbocycles. The minimum Gasteiger partial charge on any atom is -0.330 e. The summed E-state index contributed by atoms with van der Waals surface area (Å²) in [4.78, 5) is 27.0. The first-order valence-corrected chi connectivity index (χ1v) is 5.18. The molecule has 3 N–H and O–H groups in total. The van der Waals surface area contributed by atoms with E-state index in [1.807, 2.05) is 13.8 Å². The van der Waals surface area contributed by atoms with E-state index in [1.54, 1.807) is 0 Å². The number of carbonyl (C=O) groups is 2. The molecule has 1 unspecified atom stereocenters. The van der Waals surface area contributed by atoms with Crippen molar-refractivity contribution in [1.82, 2.24) is 5.32 Å². The highest BCUT2D eigenvalue weighted by Gasteiger charge is 2.33. The zero-order valence-electron chi connectivity index (χ0n) is 9.12. The SMILES string of the molecule is CC(C)C1C(=O)N=C(CCCN)NC1=O. The van der Waals surface area contributed by atoms with Crippen LogP contribution in [-0.4, -0.2) is 24.2 Å². The lowest BCUT2D eigenvalue weighted by Crippen LogP contribution is -2.46. The molecule has 0 spiro atoms. The van der Waals surface area contributed by atoms with E-state index < -0.39 is 5.92 Å². The van der Waals surface area contributed by atoms with Crippen LogP contribution in [0.4, 0.5) is 0 Å². The molecule has 1 heterocycles. The van der Waals surface area contributed by atoms with Gasteiger partial charge in [-0.05, 0) is 18.9 Å². The van der Waals surface area contributed by atoms with Crippen LogP contribution in [0.1, 0.15) is 26.7 Å². The summed E-state index contributed by atoms with van der Waals surface area (Å²) in [6.07, 6.45) is 1.28. The van der Waals surface area contributed by atoms with Crippen molar-refractivity contribution in [2.24, 2.45) is 22.6 Å². The van der Waals surface area contributed by atoms with Gasteiger partial charge >= 0.3 is 0 Å². The molecule has 0 saturated heterocycles. The lowest BCUT2D eigenvalue weighted by atomic mass is 9.93. The quantitative estimate of drug-likeness (QED) is 0.644. The predicted octanol–water partition coefficient (Wildman–Crippen LogP) is 0.0524. The molecule has 2 amide bonds. The van der Waals surface area contributed by atoms with Gasteiger partial charge in [-0.25, -0.2) is 0 Å². The summed E-state index contributed by atoms with van der Waals surface area (Å²) < 4.78 is 0. The predicted molar refractivity (Wildman–Crippen MR) is 57.2 cm³/mol. The fourth-order valence-corrected chi connectivity index (χ4v) is 1.54. The van der Waals surface area contributed by atoms with Crippen molar-refractivity contribution < 1.29 is 9.59 Å². The van der Waals surface area contributed by atoms with Gasteiger partial charge in [-0.15, -0.1) is 0 Å². The topological polar surface area (TPSA) is 84.6 Å². The molecule has 0 aromatic rings. The number of hydrogen-bond donors (Lipinski definition) is 2. The summed E-state index contributed by atoms with van der Waals surface area (Å²) in [5.74, 6) is -0.769. The molecule has 0 radical (unpaired) electrons. The number of rotatable bonds is 4. The van der Waals surface area contributed by atoms with Gasteiger partial charge in [-0.1, -0.05) is 13.8 Å². The van der Waals surface area contributed by atoms with Crippen molar-refractivity contribution >= 4 is 17.6 Å². The summed E-state index contributed by atoms with van der Waals surface area (Å²) in [5.41, 5.74) is 5.34. The van der Waals surface area contributed by atoms with Crippen molar-refractivity contribution in [1.29, 1.82) is 0 Å². The number of amidine groups is 1. The second-order valence-electron chi connectivity index (χ2n) is 4.00. The maximum atomic E-state index is 11.6. The van der Waals surface area contributed by atoms with Gasteiger partial charge in [-0.2, -0.15) is 4.99 Å². The van der Waals surface area contributed by atoms with Crippen LogP contribution in [-0.2, 0) is 9.59 Å². The van der Waals surface area contributed by atoms with Gasteiger partial charge in [0.1, 0.15) is 11.8 Å². The van der Waals surface area contributed by atoms with E-state index in [4.69, 9.17) is 5.73 Å². The number of carbonyl (C=O) groups excluding carboxylic acids is 2. The van der Waals surface area contributed by atoms with E-state index in [9.17, 15) is 9.59 Å². The molecule has 0 fully saturated rings. The summed E-state index contributed by atoms with van der Waals surface area (Å²) in [7, 11) is 0. The fourth-order valence-electron chi connectivity index (χ4n) is 1.54. The molecule has 1 aliphatic rings. The molecule has 0 aliphatic carbocycles. The summed E-state index contributed by atoms with van der Waals surface area (Å²) >= 11 is 0. The van der Waals surface area contributed by atoms with Crippen LogP contribution in [0.3, 0.4) is 0 Å². The Morgan fingerprint density at radius 3 is 2.60 bits per heavy atom. The first-order valence-electron chi connectivity index (χ1n) is 5.18. The van der Waals surface area contributed by atoms with E-state index >= 15 is 0 Å². The molecule has 5 nitrogen and oxygen atoms in total. The molecule has 0 aromatic carbocycles. The second kappa shape index (κ2) is 5.02. The van der Waals surface area contributed by atoms with Gasteiger partial charge < -0.3 is 11.1 Å². The molecule has 0 aromatic heterocycles. The van der Waals surface area contributed by atoms with Crippen LogP contribution in [0.25, 0.3) is 0 Å². The maximum Gasteiger partial charge on any atom is 0.260 e. The third kappa shape index (κ3) is 2.86. The van der Waals surface area contributed by atoms with E-state index in [1.165, 1.54) is 0 Å². The Balaban J connectivity index is 2.71. The number of nitrogens with zero attached hydrogens (tertiary/aromatic N) is 1. The van der Waals surface area contributed by atoms with Crippen LogP contribution < -0.4 is 11.1 Å². The Bertz CT molecular complexity index is 297. The summed E-state index contributed by atoms with van der Waals surface area (Å²) in [6.45, 7) is 4.20. The standard InChI is InChI=1S/C10H17N3O2/c1-6(2)8-9(14)12-7(4-3-5-11)13-10(8)15/h6,8H,3-5,11H2,1-2H3,(H,12,13,14,15). The molecule has 0 bridgehead atoms. The zero-order valence-corrected chi connectivity index (χ0v) is 9.12. The van der Waals surface area contributed by atoms with Gasteiger partial charge in [0.25, 0.3) is 5.91 Å². The highest BCUT2D eigenvalue weighted by molar-refractivity contribution is 6.15. The van der Waals surface area contributed by atoms with Crippen LogP contribution in [0.5, 0.6) is 0 Å². The minimum atomic E-state index is -0.633. The Labute approximate surface area is 89.1 Å². The highest BCUT2D eigenvalue weighted by atomic mass is 16.2. The van der Waals surface area contributed by atoms with Crippen molar-refractivity contribution in [3.8, 4) is 0 Å². The third-order valence-corrected chi connectivity index (χ3v) is 2.35. The zero-order chi connectivity index (χ0) is 11.4.